The van der Waals surface area contributed by atoms with Gasteiger partial charge in [-0.3, -0.25) is 4.79 Å². The Kier molecular flexibility index (Phi) is 3.28. The number of carboxylic acids is 1. The molecule has 0 aliphatic rings. The molecule has 0 fully saturated rings. The molecule has 0 radical (unpaired) electrons. The average Bonchev–Trinajstić information content (AvgIpc) is 1.59. The topological polar surface area (TPSA) is 46.5 Å². The summed E-state index contributed by atoms with van der Waals surface area (Å²) >= 11 is 0. The molecule has 0 aliphatic heterocycles. The molecule has 0 aromatic heterocycles. The fourth-order valence-corrected chi connectivity index (χ4v) is 0.667. The predicted molar refractivity (Wildman–Crippen MR) is 33.6 cm³/mol. The number of carboxylic acid groups (broad SMARTS) is 1. The van der Waals surface area contributed by atoms with Crippen molar-refractivity contribution >= 4 is 5.97 Å². The van der Waals surface area contributed by atoms with Crippen molar-refractivity contribution in [3.8, 4) is 0 Å². The van der Waals surface area contributed by atoms with Crippen molar-refractivity contribution in [2.45, 2.75) is 19.0 Å². The third kappa shape index (κ3) is 4.26. The molecule has 0 amide bonds. The number of aliphatic carboxylic acids is 1. The third-order valence-electron chi connectivity index (χ3n) is 0.965. The summed E-state index contributed by atoms with van der Waals surface area (Å²) in [6.07, 6.45) is -0.513. The molecule has 0 saturated heterocycles. The van der Waals surface area contributed by atoms with Gasteiger partial charge in [0.2, 0.25) is 0 Å². The quantitative estimate of drug-likeness (QED) is 0.645. The second kappa shape index (κ2) is 3.51. The van der Waals surface area contributed by atoms with Crippen molar-refractivity contribution < 1.29 is 19.0 Å². The Hall–Kier alpha value is -0.640. The largest absolute Gasteiger partial charge is 0.481 e. The molecule has 1 unspecified atom stereocenters. The molecule has 10 heavy (non-hydrogen) atoms. The van der Waals surface area contributed by atoms with Crippen molar-refractivity contribution in [3.05, 3.63) is 0 Å². The number of carbonyl (C=O) groups is 1. The Morgan fingerprint density at radius 1 is 1.80 bits per heavy atom. The van der Waals surface area contributed by atoms with E-state index in [2.05, 4.69) is 4.74 Å². The van der Waals surface area contributed by atoms with Gasteiger partial charge in [0, 0.05) is 7.11 Å². The fourth-order valence-electron chi connectivity index (χ4n) is 0.667. The van der Waals surface area contributed by atoms with Crippen LogP contribution >= 0.6 is 0 Å². The zero-order chi connectivity index (χ0) is 8.20. The van der Waals surface area contributed by atoms with E-state index in [1.165, 1.54) is 14.0 Å². The van der Waals surface area contributed by atoms with Gasteiger partial charge >= 0.3 is 5.97 Å². The summed E-state index contributed by atoms with van der Waals surface area (Å²) in [6.45, 7) is 1.02. The van der Waals surface area contributed by atoms with Crippen LogP contribution in [0.5, 0.6) is 0 Å². The van der Waals surface area contributed by atoms with Crippen molar-refractivity contribution in [1.29, 1.82) is 0 Å². The van der Waals surface area contributed by atoms with Gasteiger partial charge in [0.15, 0.2) is 0 Å². The van der Waals surface area contributed by atoms with E-state index in [1.807, 2.05) is 0 Å². The Morgan fingerprint density at radius 3 is 2.60 bits per heavy atom. The highest BCUT2D eigenvalue weighted by Gasteiger charge is 2.26. The highest BCUT2D eigenvalue weighted by atomic mass is 19.1. The minimum Gasteiger partial charge on any atom is -0.481 e. The Bertz CT molecular complexity index is 122. The second-order valence-electron chi connectivity index (χ2n) is 2.42. The summed E-state index contributed by atoms with van der Waals surface area (Å²) in [6, 6.07) is 0. The van der Waals surface area contributed by atoms with Crippen LogP contribution in [0.1, 0.15) is 13.3 Å². The molecule has 0 aromatic rings. The van der Waals surface area contributed by atoms with Crippen LogP contribution < -0.4 is 0 Å². The van der Waals surface area contributed by atoms with Gasteiger partial charge in [0.1, 0.15) is 5.67 Å². The van der Waals surface area contributed by atoms with Gasteiger partial charge in [0.05, 0.1) is 13.0 Å². The van der Waals surface area contributed by atoms with E-state index in [4.69, 9.17) is 5.11 Å². The van der Waals surface area contributed by atoms with E-state index in [9.17, 15) is 9.18 Å². The van der Waals surface area contributed by atoms with E-state index in [1.54, 1.807) is 0 Å². The molecule has 1 atom stereocenters. The lowest BCUT2D eigenvalue weighted by Gasteiger charge is -2.15. The van der Waals surface area contributed by atoms with Crippen LogP contribution in [0.15, 0.2) is 0 Å². The second-order valence-corrected chi connectivity index (χ2v) is 2.42. The van der Waals surface area contributed by atoms with Crippen molar-refractivity contribution in [2.24, 2.45) is 0 Å². The third-order valence-corrected chi connectivity index (χ3v) is 0.965. The van der Waals surface area contributed by atoms with Gasteiger partial charge in [0.25, 0.3) is 0 Å². The molecule has 0 saturated carbocycles. The Labute approximate surface area is 58.8 Å². The van der Waals surface area contributed by atoms with E-state index < -0.39 is 18.1 Å². The molecule has 1 N–H and O–H groups in total. The minimum absolute atomic E-state index is 0.181. The molecule has 60 valence electrons. The van der Waals surface area contributed by atoms with E-state index in [0.717, 1.165) is 0 Å². The molecular weight excluding hydrogens is 139 g/mol. The van der Waals surface area contributed by atoms with E-state index in [-0.39, 0.29) is 6.61 Å². The normalized spacial score (nSPS) is 16.3. The van der Waals surface area contributed by atoms with Crippen LogP contribution in [0, 0.1) is 0 Å². The van der Waals surface area contributed by atoms with Gasteiger partial charge in [-0.25, -0.2) is 4.39 Å². The number of halogens is 1. The van der Waals surface area contributed by atoms with Crippen LogP contribution in [-0.4, -0.2) is 30.5 Å². The lowest BCUT2D eigenvalue weighted by molar-refractivity contribution is -0.140. The molecule has 3 nitrogen and oxygen atoms in total. The lowest BCUT2D eigenvalue weighted by atomic mass is 10.1. The van der Waals surface area contributed by atoms with Gasteiger partial charge in [-0.05, 0) is 6.92 Å². The van der Waals surface area contributed by atoms with E-state index in [0.29, 0.717) is 0 Å². The van der Waals surface area contributed by atoms with Crippen molar-refractivity contribution in [1.82, 2.24) is 0 Å². The first-order valence-corrected chi connectivity index (χ1v) is 2.87. The minimum atomic E-state index is -1.75. The molecule has 4 heteroatoms. The number of alkyl halides is 1. The molecule has 0 bridgehead atoms. The van der Waals surface area contributed by atoms with E-state index >= 15 is 0 Å². The smallest absolute Gasteiger partial charge is 0.306 e. The summed E-state index contributed by atoms with van der Waals surface area (Å²) in [5, 5.41) is 8.18. The summed E-state index contributed by atoms with van der Waals surface area (Å²) < 4.78 is 17.3. The van der Waals surface area contributed by atoms with Crippen molar-refractivity contribution in [2.75, 3.05) is 13.7 Å². The van der Waals surface area contributed by atoms with Gasteiger partial charge < -0.3 is 9.84 Å². The summed E-state index contributed by atoms with van der Waals surface area (Å²) in [5.74, 6) is -1.15. The zero-order valence-corrected chi connectivity index (χ0v) is 6.06. The zero-order valence-electron chi connectivity index (χ0n) is 6.06. The van der Waals surface area contributed by atoms with Gasteiger partial charge in [-0.15, -0.1) is 0 Å². The number of hydrogen-bond donors (Lipinski definition) is 1. The molecule has 0 aromatic carbocycles. The maximum atomic E-state index is 12.8. The molecule has 0 heterocycles. The number of rotatable bonds is 4. The van der Waals surface area contributed by atoms with Gasteiger partial charge in [-0.1, -0.05) is 0 Å². The monoisotopic (exact) mass is 150 g/mol. The highest BCUT2D eigenvalue weighted by Crippen LogP contribution is 2.14. The SMILES string of the molecule is COCC(C)(F)CC(=O)O. The molecule has 0 rings (SSSR count). The number of hydrogen-bond acceptors (Lipinski definition) is 2. The molecule has 0 spiro atoms. The number of methoxy groups -OCH3 is 1. The molecular formula is C6H11FO3. The van der Waals surface area contributed by atoms with Crippen LogP contribution in [0.25, 0.3) is 0 Å². The lowest BCUT2D eigenvalue weighted by Crippen LogP contribution is -2.27. The average molecular weight is 150 g/mol. The highest BCUT2D eigenvalue weighted by molar-refractivity contribution is 5.68. The number of ether oxygens (including phenoxy) is 1. The predicted octanol–water partition coefficient (Wildman–Crippen LogP) is 0.836. The fraction of sp³-hybridized carbons (Fsp3) is 0.833. The first-order valence-electron chi connectivity index (χ1n) is 2.87. The molecule has 0 aliphatic carbocycles. The first kappa shape index (κ1) is 9.36. The summed E-state index contributed by atoms with van der Waals surface area (Å²) in [7, 11) is 1.33. The van der Waals surface area contributed by atoms with Crippen LogP contribution in [0.4, 0.5) is 4.39 Å². The van der Waals surface area contributed by atoms with Crippen LogP contribution in [0.2, 0.25) is 0 Å². The Balaban J connectivity index is 3.74. The first-order chi connectivity index (χ1) is 4.48. The standard InChI is InChI=1S/C6H11FO3/c1-6(7,4-10-2)3-5(8)9/h3-4H2,1-2H3,(H,8,9). The maximum Gasteiger partial charge on any atom is 0.306 e. The van der Waals surface area contributed by atoms with Crippen LogP contribution in [-0.2, 0) is 9.53 Å². The maximum absolute atomic E-state index is 12.8. The summed E-state index contributed by atoms with van der Waals surface area (Å²) in [4.78, 5) is 9.99. The van der Waals surface area contributed by atoms with Crippen molar-refractivity contribution in [3.63, 3.8) is 0 Å². The Morgan fingerprint density at radius 2 is 2.30 bits per heavy atom. The van der Waals surface area contributed by atoms with Gasteiger partial charge in [-0.2, -0.15) is 0 Å². The summed E-state index contributed by atoms with van der Waals surface area (Å²) in [5.41, 5.74) is -1.75. The van der Waals surface area contributed by atoms with Crippen LogP contribution in [0.3, 0.4) is 0 Å².